The van der Waals surface area contributed by atoms with E-state index in [-0.39, 0.29) is 31.5 Å². The second-order valence-electron chi connectivity index (χ2n) is 7.85. The highest BCUT2D eigenvalue weighted by Gasteiger charge is 2.41. The van der Waals surface area contributed by atoms with Crippen molar-refractivity contribution in [3.8, 4) is 0 Å². The van der Waals surface area contributed by atoms with E-state index in [1.165, 1.54) is 28.5 Å². The maximum absolute atomic E-state index is 13.3. The van der Waals surface area contributed by atoms with Crippen molar-refractivity contribution >= 4 is 63.0 Å². The van der Waals surface area contributed by atoms with E-state index in [0.717, 1.165) is 41.3 Å². The number of anilines is 1. The summed E-state index contributed by atoms with van der Waals surface area (Å²) in [6.07, 6.45) is 3.82. The monoisotopic (exact) mass is 531 g/mol. The van der Waals surface area contributed by atoms with E-state index in [0.29, 0.717) is 22.2 Å². The minimum atomic E-state index is -3.91. The first-order valence-electron chi connectivity index (χ1n) is 10.6. The molecule has 1 saturated heterocycles. The van der Waals surface area contributed by atoms with E-state index >= 15 is 0 Å². The predicted octanol–water partition coefficient (Wildman–Crippen LogP) is 3.26. The first-order valence-corrected chi connectivity index (χ1v) is 13.3. The summed E-state index contributed by atoms with van der Waals surface area (Å²) in [7, 11) is -3.91. The van der Waals surface area contributed by atoms with Crippen LogP contribution in [-0.2, 0) is 27.8 Å². The highest BCUT2D eigenvalue weighted by molar-refractivity contribution is 7.92. The van der Waals surface area contributed by atoms with Crippen LogP contribution < -0.4 is 10.2 Å². The molecule has 0 saturated carbocycles. The fourth-order valence-electron chi connectivity index (χ4n) is 4.21. The molecule has 4 rings (SSSR count). The molecule has 0 spiro atoms. The van der Waals surface area contributed by atoms with Gasteiger partial charge in [0.15, 0.2) is 0 Å². The highest BCUT2D eigenvalue weighted by Crippen LogP contribution is 2.29. The molecule has 7 nitrogen and oxygen atoms in total. The minimum Gasteiger partial charge on any atom is -0.395 e. The Bertz CT molecular complexity index is 1120. The van der Waals surface area contributed by atoms with Gasteiger partial charge in [0.1, 0.15) is 6.04 Å². The number of fused-ring (bicyclic) bond motifs is 1. The number of aliphatic hydroxyl groups excluding tert-OH is 1. The lowest BCUT2D eigenvalue weighted by molar-refractivity contribution is -0.120. The number of carbonyl (C=O) groups is 1. The molecule has 2 aliphatic rings. The Kier molecular flexibility index (Phi) is 8.96. The van der Waals surface area contributed by atoms with Crippen LogP contribution in [0.25, 0.3) is 6.08 Å². The zero-order valence-electron chi connectivity index (χ0n) is 17.9. The third-order valence-electron chi connectivity index (χ3n) is 5.79. The number of rotatable bonds is 7. The van der Waals surface area contributed by atoms with Gasteiger partial charge in [-0.2, -0.15) is 4.31 Å². The van der Waals surface area contributed by atoms with Crippen LogP contribution in [0.15, 0.2) is 35.7 Å². The van der Waals surface area contributed by atoms with Gasteiger partial charge >= 0.3 is 0 Å². The summed E-state index contributed by atoms with van der Waals surface area (Å²) < 4.78 is 27.7. The molecule has 1 aromatic carbocycles. The van der Waals surface area contributed by atoms with Crippen LogP contribution >= 0.6 is 35.3 Å². The summed E-state index contributed by atoms with van der Waals surface area (Å²) in [4.78, 5) is 15.6. The average molecular weight is 533 g/mol. The zero-order valence-corrected chi connectivity index (χ0v) is 21.2. The summed E-state index contributed by atoms with van der Waals surface area (Å²) in [6.45, 7) is 1.71. The topological polar surface area (TPSA) is 90.0 Å². The van der Waals surface area contributed by atoms with Crippen LogP contribution in [0, 0.1) is 0 Å². The van der Waals surface area contributed by atoms with Crippen molar-refractivity contribution in [2.75, 3.05) is 31.1 Å². The van der Waals surface area contributed by atoms with Gasteiger partial charge < -0.3 is 15.3 Å². The second-order valence-corrected chi connectivity index (χ2v) is 11.4. The molecule has 2 aromatic rings. The smallest absolute Gasteiger partial charge is 0.245 e. The molecule has 33 heavy (non-hydrogen) atoms. The number of halogens is 2. The molecular formula is C22H27Cl2N3O4S2. The quantitative estimate of drug-likeness (QED) is 0.572. The molecule has 1 amide bonds. The van der Waals surface area contributed by atoms with Crippen molar-refractivity contribution in [3.05, 3.63) is 56.1 Å². The van der Waals surface area contributed by atoms with Gasteiger partial charge in [0.05, 0.1) is 10.9 Å². The van der Waals surface area contributed by atoms with E-state index < -0.39 is 16.1 Å². The van der Waals surface area contributed by atoms with Crippen molar-refractivity contribution in [1.82, 2.24) is 9.62 Å². The Labute approximate surface area is 209 Å². The van der Waals surface area contributed by atoms with Gasteiger partial charge in [0.2, 0.25) is 15.9 Å². The molecule has 1 atom stereocenters. The molecule has 1 fully saturated rings. The van der Waals surface area contributed by atoms with Gasteiger partial charge in [-0.15, -0.1) is 23.7 Å². The maximum atomic E-state index is 13.3. The lowest BCUT2D eigenvalue weighted by atomic mass is 10.0. The molecule has 0 unspecified atom stereocenters. The summed E-state index contributed by atoms with van der Waals surface area (Å²) in [5.41, 5.74) is 3.25. The summed E-state index contributed by atoms with van der Waals surface area (Å²) in [6, 6.07) is 8.60. The number of nitrogens with zero attached hydrogens (tertiary/aromatic N) is 2. The molecular weight excluding hydrogens is 505 g/mol. The molecule has 1 aromatic heterocycles. The number of amides is 1. The average Bonchev–Trinajstić information content (AvgIpc) is 3.27. The third-order valence-corrected chi connectivity index (χ3v) is 8.55. The molecule has 2 N–H and O–H groups in total. The van der Waals surface area contributed by atoms with Gasteiger partial charge in [-0.1, -0.05) is 17.7 Å². The van der Waals surface area contributed by atoms with Crippen LogP contribution in [0.2, 0.25) is 4.34 Å². The Morgan fingerprint density at radius 2 is 2.09 bits per heavy atom. The summed E-state index contributed by atoms with van der Waals surface area (Å²) in [5.74, 6) is -0.263. The number of carbonyl (C=O) groups excluding carboxylic acids is 1. The Morgan fingerprint density at radius 3 is 2.82 bits per heavy atom. The van der Waals surface area contributed by atoms with Gasteiger partial charge in [-0.25, -0.2) is 8.42 Å². The van der Waals surface area contributed by atoms with Crippen molar-refractivity contribution in [2.45, 2.75) is 31.8 Å². The largest absolute Gasteiger partial charge is 0.395 e. The number of sulfonamides is 1. The van der Waals surface area contributed by atoms with Gasteiger partial charge in [-0.3, -0.25) is 4.79 Å². The van der Waals surface area contributed by atoms with E-state index in [4.69, 9.17) is 11.6 Å². The van der Waals surface area contributed by atoms with Crippen LogP contribution in [0.5, 0.6) is 0 Å². The van der Waals surface area contributed by atoms with E-state index in [1.54, 1.807) is 17.0 Å². The number of thiophene rings is 1. The second kappa shape index (κ2) is 11.3. The SMILES string of the molecule is Cl.O=C1[C@@H](N(CCO)S(=O)(=O)C=Cc2ccc(Cl)s2)CCN1c1ccc2c(c1)CCCNC2. The first kappa shape index (κ1) is 26.2. The normalized spacial score (nSPS) is 19.1. The van der Waals surface area contributed by atoms with Gasteiger partial charge in [0, 0.05) is 35.6 Å². The van der Waals surface area contributed by atoms with Crippen LogP contribution in [-0.4, -0.2) is 56.0 Å². The number of benzene rings is 1. The van der Waals surface area contributed by atoms with E-state index in [9.17, 15) is 18.3 Å². The minimum absolute atomic E-state index is 0. The standard InChI is InChI=1S/C22H26ClN3O4S2.ClH/c23-21-6-5-19(31-21)8-13-32(29,30)26(11-12-27)20-7-10-25(22(20)28)18-4-3-17-15-24-9-1-2-16(17)14-18;/h3-6,8,13-14,20,24,27H,1-2,7,9-12,15H2;1H/t20-;/m0./s1. The number of aryl methyl sites for hydroxylation is 1. The number of hydrogen-bond donors (Lipinski definition) is 2. The molecule has 0 aliphatic carbocycles. The van der Waals surface area contributed by atoms with Gasteiger partial charge in [0.25, 0.3) is 0 Å². The summed E-state index contributed by atoms with van der Waals surface area (Å²) >= 11 is 7.17. The Morgan fingerprint density at radius 1 is 1.27 bits per heavy atom. The maximum Gasteiger partial charge on any atom is 0.245 e. The third kappa shape index (κ3) is 5.97. The number of aliphatic hydroxyl groups is 1. The predicted molar refractivity (Wildman–Crippen MR) is 136 cm³/mol. The fraction of sp³-hybridized carbons (Fsp3) is 0.409. The van der Waals surface area contributed by atoms with Crippen molar-refractivity contribution < 1.29 is 18.3 Å². The summed E-state index contributed by atoms with van der Waals surface area (Å²) in [5, 5.41) is 14.0. The van der Waals surface area contributed by atoms with Crippen LogP contribution in [0.4, 0.5) is 5.69 Å². The lowest BCUT2D eigenvalue weighted by Gasteiger charge is -2.25. The fourth-order valence-corrected chi connectivity index (χ4v) is 6.62. The zero-order chi connectivity index (χ0) is 22.7. The highest BCUT2D eigenvalue weighted by atomic mass is 35.5. The van der Waals surface area contributed by atoms with E-state index in [1.807, 2.05) is 18.2 Å². The Hall–Kier alpha value is -1.46. The molecule has 180 valence electrons. The lowest BCUT2D eigenvalue weighted by Crippen LogP contribution is -2.45. The first-order chi connectivity index (χ1) is 15.4. The van der Waals surface area contributed by atoms with Crippen molar-refractivity contribution in [1.29, 1.82) is 0 Å². The molecule has 3 heterocycles. The molecule has 0 radical (unpaired) electrons. The molecule has 0 bridgehead atoms. The number of hydrogen-bond acceptors (Lipinski definition) is 6. The Balaban J connectivity index is 0.00000306. The van der Waals surface area contributed by atoms with Crippen molar-refractivity contribution in [3.63, 3.8) is 0 Å². The van der Waals surface area contributed by atoms with Gasteiger partial charge in [-0.05, 0) is 67.3 Å². The van der Waals surface area contributed by atoms with Crippen LogP contribution in [0.3, 0.4) is 0 Å². The molecule has 11 heteroatoms. The number of nitrogens with one attached hydrogen (secondary N) is 1. The van der Waals surface area contributed by atoms with Crippen molar-refractivity contribution in [2.24, 2.45) is 0 Å². The van der Waals surface area contributed by atoms with Crippen LogP contribution in [0.1, 0.15) is 28.8 Å². The molecule has 2 aliphatic heterocycles. The van der Waals surface area contributed by atoms with E-state index in [2.05, 4.69) is 5.32 Å².